The fourth-order valence-electron chi connectivity index (χ4n) is 1.91. The second-order valence-corrected chi connectivity index (χ2v) is 4.39. The lowest BCUT2D eigenvalue weighted by molar-refractivity contribution is 0.0950. The van der Waals surface area contributed by atoms with E-state index in [9.17, 15) is 4.79 Å². The third kappa shape index (κ3) is 3.46. The van der Waals surface area contributed by atoms with E-state index in [-0.39, 0.29) is 12.5 Å². The maximum atomic E-state index is 12.0. The van der Waals surface area contributed by atoms with E-state index >= 15 is 0 Å². The summed E-state index contributed by atoms with van der Waals surface area (Å²) in [5, 5.41) is 2.86. The van der Waals surface area contributed by atoms with Crippen LogP contribution in [0.4, 0.5) is 0 Å². The van der Waals surface area contributed by atoms with Crippen LogP contribution in [0.1, 0.15) is 27.2 Å². The van der Waals surface area contributed by atoms with Gasteiger partial charge in [-0.2, -0.15) is 0 Å². The largest absolute Gasteiger partial charge is 0.467 e. The van der Waals surface area contributed by atoms with E-state index in [1.807, 2.05) is 24.3 Å². The Morgan fingerprint density at radius 2 is 2.10 bits per heavy atom. The van der Waals surface area contributed by atoms with Gasteiger partial charge in [0.15, 0.2) is 0 Å². The second kappa shape index (κ2) is 6.88. The molecule has 2 aromatic rings. The third-order valence-corrected chi connectivity index (χ3v) is 2.97. The minimum absolute atomic E-state index is 0.180. The van der Waals surface area contributed by atoms with Crippen LogP contribution >= 0.6 is 0 Å². The molecule has 0 aliphatic heterocycles. The van der Waals surface area contributed by atoms with Crippen LogP contribution in [-0.4, -0.2) is 13.0 Å². The van der Waals surface area contributed by atoms with Crippen molar-refractivity contribution >= 4 is 5.91 Å². The Balaban J connectivity index is 1.99. The van der Waals surface area contributed by atoms with Crippen LogP contribution in [0.3, 0.4) is 0 Å². The van der Waals surface area contributed by atoms with E-state index in [0.717, 1.165) is 11.1 Å². The summed E-state index contributed by atoms with van der Waals surface area (Å²) in [5.74, 6) is 0.413. The number of carbonyl (C=O) groups is 1. The number of benzene rings is 1. The Hall–Kier alpha value is -2.11. The Morgan fingerprint density at radius 1 is 1.35 bits per heavy atom. The summed E-state index contributed by atoms with van der Waals surface area (Å²) in [5.41, 5.74) is 8.02. The normalized spacial score (nSPS) is 10.5. The number of methoxy groups -OCH3 is 1. The molecule has 0 unspecified atom stereocenters. The summed E-state index contributed by atoms with van der Waals surface area (Å²) in [6.07, 6.45) is 1.42. The van der Waals surface area contributed by atoms with E-state index < -0.39 is 0 Å². The smallest absolute Gasteiger partial charge is 0.254 e. The summed E-state index contributed by atoms with van der Waals surface area (Å²) >= 11 is 0. The van der Waals surface area contributed by atoms with Gasteiger partial charge >= 0.3 is 0 Å². The highest BCUT2D eigenvalue weighted by atomic mass is 16.5. The minimum atomic E-state index is -0.180. The van der Waals surface area contributed by atoms with E-state index in [1.54, 1.807) is 13.2 Å². The lowest BCUT2D eigenvalue weighted by atomic mass is 10.1. The number of hydrogen-bond donors (Lipinski definition) is 2. The average Bonchev–Trinajstić information content (AvgIpc) is 2.95. The van der Waals surface area contributed by atoms with Crippen molar-refractivity contribution in [1.29, 1.82) is 0 Å². The average molecular weight is 274 g/mol. The van der Waals surface area contributed by atoms with Gasteiger partial charge in [-0.25, -0.2) is 0 Å². The Kier molecular flexibility index (Phi) is 4.92. The molecule has 2 rings (SSSR count). The van der Waals surface area contributed by atoms with Gasteiger partial charge in [-0.1, -0.05) is 24.3 Å². The molecule has 0 saturated heterocycles. The van der Waals surface area contributed by atoms with Crippen LogP contribution in [0.2, 0.25) is 0 Å². The molecule has 0 aliphatic carbocycles. The fraction of sp³-hybridized carbons (Fsp3) is 0.267. The van der Waals surface area contributed by atoms with Crippen molar-refractivity contribution in [3.63, 3.8) is 0 Å². The van der Waals surface area contributed by atoms with Crippen molar-refractivity contribution in [2.75, 3.05) is 7.11 Å². The van der Waals surface area contributed by atoms with Crippen LogP contribution in [0.5, 0.6) is 0 Å². The van der Waals surface area contributed by atoms with Gasteiger partial charge in [-0.3, -0.25) is 4.79 Å². The quantitative estimate of drug-likeness (QED) is 0.842. The highest BCUT2D eigenvalue weighted by Crippen LogP contribution is 2.11. The molecular weight excluding hydrogens is 256 g/mol. The molecule has 1 aromatic heterocycles. The second-order valence-electron chi connectivity index (χ2n) is 4.39. The first-order valence-corrected chi connectivity index (χ1v) is 6.36. The van der Waals surface area contributed by atoms with Gasteiger partial charge < -0.3 is 20.2 Å². The molecule has 1 heterocycles. The van der Waals surface area contributed by atoms with Gasteiger partial charge in [0.2, 0.25) is 0 Å². The maximum Gasteiger partial charge on any atom is 0.254 e. The van der Waals surface area contributed by atoms with Crippen molar-refractivity contribution in [3.05, 3.63) is 59.0 Å². The number of furan rings is 1. The molecule has 5 heteroatoms. The van der Waals surface area contributed by atoms with Crippen LogP contribution in [0.15, 0.2) is 41.0 Å². The van der Waals surface area contributed by atoms with Crippen LogP contribution in [0.25, 0.3) is 0 Å². The van der Waals surface area contributed by atoms with Gasteiger partial charge in [-0.05, 0) is 17.2 Å². The first kappa shape index (κ1) is 14.3. The molecule has 0 saturated carbocycles. The summed E-state index contributed by atoms with van der Waals surface area (Å²) < 4.78 is 10.3. The molecule has 0 fully saturated rings. The number of ether oxygens (including phenoxy) is 1. The van der Waals surface area contributed by atoms with E-state index in [1.165, 1.54) is 6.26 Å². The van der Waals surface area contributed by atoms with Gasteiger partial charge in [-0.15, -0.1) is 0 Å². The van der Waals surface area contributed by atoms with E-state index in [0.29, 0.717) is 24.5 Å². The zero-order chi connectivity index (χ0) is 14.4. The molecule has 0 bridgehead atoms. The molecular formula is C15H18N2O3. The predicted molar refractivity (Wildman–Crippen MR) is 74.9 cm³/mol. The monoisotopic (exact) mass is 274 g/mol. The summed E-state index contributed by atoms with van der Waals surface area (Å²) in [6, 6.07) is 9.48. The van der Waals surface area contributed by atoms with Crippen molar-refractivity contribution in [3.8, 4) is 0 Å². The minimum Gasteiger partial charge on any atom is -0.467 e. The van der Waals surface area contributed by atoms with Gasteiger partial charge in [0.1, 0.15) is 12.0 Å². The van der Waals surface area contributed by atoms with E-state index in [2.05, 4.69) is 5.32 Å². The van der Waals surface area contributed by atoms with E-state index in [4.69, 9.17) is 14.9 Å². The Morgan fingerprint density at radius 3 is 2.75 bits per heavy atom. The number of rotatable bonds is 6. The lowest BCUT2D eigenvalue weighted by Gasteiger charge is -2.09. The molecule has 1 aromatic carbocycles. The maximum absolute atomic E-state index is 12.0. The van der Waals surface area contributed by atoms with Crippen molar-refractivity contribution in [2.24, 2.45) is 5.73 Å². The zero-order valence-corrected chi connectivity index (χ0v) is 11.4. The molecule has 20 heavy (non-hydrogen) atoms. The number of nitrogens with one attached hydrogen (secondary N) is 1. The molecule has 0 radical (unpaired) electrons. The first-order valence-electron chi connectivity index (χ1n) is 6.36. The molecule has 0 aliphatic rings. The summed E-state index contributed by atoms with van der Waals surface area (Å²) in [6.45, 7) is 1.25. The molecule has 0 atom stereocenters. The summed E-state index contributed by atoms with van der Waals surface area (Å²) in [7, 11) is 1.65. The topological polar surface area (TPSA) is 77.5 Å². The molecule has 0 spiro atoms. The van der Waals surface area contributed by atoms with Gasteiger partial charge in [0.25, 0.3) is 5.91 Å². The number of hydrogen-bond acceptors (Lipinski definition) is 4. The number of amides is 1. The van der Waals surface area contributed by atoms with Crippen LogP contribution in [0, 0.1) is 0 Å². The van der Waals surface area contributed by atoms with Crippen molar-refractivity contribution < 1.29 is 13.9 Å². The molecule has 3 N–H and O–H groups in total. The number of carbonyl (C=O) groups excluding carboxylic acids is 1. The highest BCUT2D eigenvalue weighted by molar-refractivity contribution is 5.93. The van der Waals surface area contributed by atoms with Gasteiger partial charge in [0, 0.05) is 13.7 Å². The standard InChI is InChI=1S/C15H18N2O3/c1-19-9-12-5-3-2-4-11(12)8-17-15(18)13-6-14(7-16)20-10-13/h2-6,10H,7-9,16H2,1H3,(H,17,18). The van der Waals surface area contributed by atoms with Crippen molar-refractivity contribution in [2.45, 2.75) is 19.7 Å². The zero-order valence-electron chi connectivity index (χ0n) is 11.4. The third-order valence-electron chi connectivity index (χ3n) is 2.97. The summed E-state index contributed by atoms with van der Waals surface area (Å²) in [4.78, 5) is 12.0. The molecule has 5 nitrogen and oxygen atoms in total. The lowest BCUT2D eigenvalue weighted by Crippen LogP contribution is -2.23. The Labute approximate surface area is 117 Å². The fourth-order valence-corrected chi connectivity index (χ4v) is 1.91. The number of nitrogens with two attached hydrogens (primary N) is 1. The molecule has 106 valence electrons. The first-order chi connectivity index (χ1) is 9.74. The highest BCUT2D eigenvalue weighted by Gasteiger charge is 2.10. The molecule has 1 amide bonds. The SMILES string of the molecule is COCc1ccccc1CNC(=O)c1coc(CN)c1. The van der Waals surface area contributed by atoms with Gasteiger partial charge in [0.05, 0.1) is 18.7 Å². The Bertz CT molecular complexity index is 578. The van der Waals surface area contributed by atoms with Crippen LogP contribution < -0.4 is 11.1 Å². The van der Waals surface area contributed by atoms with Crippen molar-refractivity contribution in [1.82, 2.24) is 5.32 Å². The predicted octanol–water partition coefficient (Wildman–Crippen LogP) is 1.81. The van der Waals surface area contributed by atoms with Crippen LogP contribution in [-0.2, 0) is 24.4 Å².